The number of hydrogen-bond acceptors (Lipinski definition) is 4. The topological polar surface area (TPSA) is 13.0 Å². The van der Waals surface area contributed by atoms with E-state index >= 15 is 0 Å². The zero-order chi connectivity index (χ0) is 60.4. The molecule has 19 rings (SSSR count). The maximum Gasteiger partial charge on any atom is 0.0428 e. The van der Waals surface area contributed by atoms with Gasteiger partial charge in [0.1, 0.15) is 0 Å². The molecule has 6 unspecified atom stereocenters. The molecule has 4 heteroatoms. The van der Waals surface area contributed by atoms with E-state index in [2.05, 4.69) is 274 Å². The van der Waals surface area contributed by atoms with Gasteiger partial charge in [0.2, 0.25) is 0 Å². The van der Waals surface area contributed by atoms with Gasteiger partial charge >= 0.3 is 0 Å². The summed E-state index contributed by atoms with van der Waals surface area (Å²) < 4.78 is 0. The quantitative estimate of drug-likeness (QED) is 0.150. The Morgan fingerprint density at radius 2 is 0.761 bits per heavy atom. The summed E-state index contributed by atoms with van der Waals surface area (Å²) in [6.07, 6.45) is 24.4. The lowest BCUT2D eigenvalue weighted by Crippen LogP contribution is -2.62. The molecule has 8 aromatic carbocycles. The summed E-state index contributed by atoms with van der Waals surface area (Å²) in [5.74, 6) is 0. The molecule has 456 valence electrons. The number of fused-ring (bicyclic) bond motifs is 13. The summed E-state index contributed by atoms with van der Waals surface area (Å²) in [5, 5.41) is 0. The van der Waals surface area contributed by atoms with E-state index in [0.29, 0.717) is 27.8 Å². The Labute approximate surface area is 530 Å². The number of para-hydroxylation sites is 1. The van der Waals surface area contributed by atoms with Gasteiger partial charge < -0.3 is 19.6 Å². The van der Waals surface area contributed by atoms with Crippen LogP contribution in [0, 0.1) is 20.8 Å². The third-order valence-electron chi connectivity index (χ3n) is 23.7. The Bertz CT molecular complexity index is 3530. The molecule has 7 heterocycles. The highest BCUT2D eigenvalue weighted by atomic mass is 15.2. The zero-order valence-corrected chi connectivity index (χ0v) is 54.3. The molecule has 6 atom stereocenters. The van der Waals surface area contributed by atoms with Crippen molar-refractivity contribution in [1.29, 1.82) is 0 Å². The Morgan fingerprint density at radius 3 is 1.30 bits per heavy atom. The number of rotatable bonds is 8. The Balaban J connectivity index is 0.000000110. The normalized spacial score (nSPS) is 28.7. The van der Waals surface area contributed by atoms with Crippen molar-refractivity contribution in [2.75, 3.05) is 50.1 Å². The summed E-state index contributed by atoms with van der Waals surface area (Å²) in [5.41, 5.74) is 20.4. The van der Waals surface area contributed by atoms with Crippen LogP contribution in [0.4, 0.5) is 11.4 Å². The van der Waals surface area contributed by atoms with Crippen molar-refractivity contribution in [3.8, 4) is 22.3 Å². The molecule has 0 N–H and O–H groups in total. The molecular weight excluding hydrogens is 1060 g/mol. The zero-order valence-electron chi connectivity index (χ0n) is 54.3. The van der Waals surface area contributed by atoms with Crippen LogP contribution in [0.1, 0.15) is 161 Å². The molecule has 7 aliphatic heterocycles. The fraction of sp³-hybridized carbons (Fsp3) is 0.429. The van der Waals surface area contributed by atoms with Crippen molar-refractivity contribution in [3.63, 3.8) is 0 Å². The molecule has 8 bridgehead atoms. The van der Waals surface area contributed by atoms with Crippen LogP contribution in [-0.2, 0) is 21.7 Å². The summed E-state index contributed by atoms with van der Waals surface area (Å²) in [6.45, 7) is 14.1. The number of anilines is 2. The molecule has 7 saturated heterocycles. The SMILES string of the molecule is CC12CCC(c3cccc(-c4ccccc4)c3)(CC1)CN2c1ccccc1.CN1CC2(c3ccc(-c4ccccc4)cc3)CCCC1CC2.CN1CC2(c3ccccc3)CCCC1CC2.Cc1cc(C)c(N2CC3(c4ccccc4)CCCC2C3)c(C)c1. The first-order chi connectivity index (χ1) is 42.8. The van der Waals surface area contributed by atoms with Gasteiger partial charge in [0.25, 0.3) is 0 Å². The van der Waals surface area contributed by atoms with E-state index in [-0.39, 0.29) is 5.41 Å². The second-order valence-corrected chi connectivity index (χ2v) is 29.3. The number of piperidine rings is 4. The van der Waals surface area contributed by atoms with Gasteiger partial charge in [0, 0.05) is 82.9 Å². The highest BCUT2D eigenvalue weighted by molar-refractivity contribution is 5.66. The number of hydrogen-bond donors (Lipinski definition) is 0. The predicted octanol–water partition coefficient (Wildman–Crippen LogP) is 19.8. The van der Waals surface area contributed by atoms with E-state index in [1.165, 1.54) is 191 Å². The van der Waals surface area contributed by atoms with Crippen LogP contribution in [0.25, 0.3) is 22.3 Å². The molecule has 0 spiro atoms. The fourth-order valence-electron chi connectivity index (χ4n) is 18.9. The minimum absolute atomic E-state index is 0.276. The molecule has 4 nitrogen and oxygen atoms in total. The molecule has 11 aliphatic rings. The second kappa shape index (κ2) is 25.6. The smallest absolute Gasteiger partial charge is 0.0428 e. The van der Waals surface area contributed by atoms with Gasteiger partial charge in [-0.3, -0.25) is 0 Å². The van der Waals surface area contributed by atoms with Crippen LogP contribution >= 0.6 is 0 Å². The molecule has 4 saturated carbocycles. The summed E-state index contributed by atoms with van der Waals surface area (Å²) in [7, 11) is 4.63. The third-order valence-corrected chi connectivity index (χ3v) is 23.7. The summed E-state index contributed by atoms with van der Waals surface area (Å²) in [6, 6.07) is 80.8. The van der Waals surface area contributed by atoms with Crippen molar-refractivity contribution in [2.24, 2.45) is 0 Å². The summed E-state index contributed by atoms with van der Waals surface area (Å²) >= 11 is 0. The van der Waals surface area contributed by atoms with E-state index in [0.717, 1.165) is 18.6 Å². The van der Waals surface area contributed by atoms with Crippen LogP contribution in [0.15, 0.2) is 212 Å². The molecule has 88 heavy (non-hydrogen) atoms. The Kier molecular flexibility index (Phi) is 17.5. The molecule has 0 aromatic heterocycles. The largest absolute Gasteiger partial charge is 0.367 e. The predicted molar refractivity (Wildman–Crippen MR) is 373 cm³/mol. The van der Waals surface area contributed by atoms with Gasteiger partial charge in [-0.15, -0.1) is 0 Å². The maximum atomic E-state index is 2.74. The van der Waals surface area contributed by atoms with Crippen molar-refractivity contribution >= 4 is 11.4 Å². The van der Waals surface area contributed by atoms with E-state index in [1.54, 1.807) is 16.7 Å². The van der Waals surface area contributed by atoms with Crippen LogP contribution in [0.3, 0.4) is 0 Å². The van der Waals surface area contributed by atoms with Crippen LogP contribution in [0.2, 0.25) is 0 Å². The first kappa shape index (κ1) is 60.2. The van der Waals surface area contributed by atoms with Crippen LogP contribution in [0.5, 0.6) is 0 Å². The van der Waals surface area contributed by atoms with Crippen molar-refractivity contribution in [2.45, 2.75) is 189 Å². The second-order valence-electron chi connectivity index (χ2n) is 29.3. The molecule has 11 fully saturated rings. The lowest BCUT2D eigenvalue weighted by Gasteiger charge is -2.60. The highest BCUT2D eigenvalue weighted by Gasteiger charge is 2.52. The first-order valence-corrected chi connectivity index (χ1v) is 34.4. The lowest BCUT2D eigenvalue weighted by atomic mass is 9.59. The van der Waals surface area contributed by atoms with Gasteiger partial charge in [-0.25, -0.2) is 0 Å². The number of likely N-dealkylation sites (N-methyl/N-ethyl adjacent to an activating group) is 2. The molecule has 0 amide bonds. The van der Waals surface area contributed by atoms with Crippen LogP contribution in [-0.4, -0.2) is 73.7 Å². The van der Waals surface area contributed by atoms with E-state index in [9.17, 15) is 0 Å². The molecule has 4 aliphatic carbocycles. The van der Waals surface area contributed by atoms with E-state index in [1.807, 2.05) is 0 Å². The number of benzene rings is 8. The third kappa shape index (κ3) is 12.2. The Morgan fingerprint density at radius 1 is 0.341 bits per heavy atom. The lowest BCUT2D eigenvalue weighted by molar-refractivity contribution is 0.133. The average molecular weight is 1170 g/mol. The minimum atomic E-state index is 0.276. The van der Waals surface area contributed by atoms with E-state index < -0.39 is 0 Å². The van der Waals surface area contributed by atoms with Gasteiger partial charge in [-0.05, 0) is 206 Å². The Hall–Kier alpha value is -6.72. The first-order valence-electron chi connectivity index (χ1n) is 34.4. The molecule has 8 aromatic rings. The van der Waals surface area contributed by atoms with Gasteiger partial charge in [0.15, 0.2) is 0 Å². The monoisotopic (exact) mass is 1160 g/mol. The van der Waals surface area contributed by atoms with Gasteiger partial charge in [-0.1, -0.05) is 225 Å². The standard InChI is InChI=1S/C26H27N.C22H27N.C21H25N.C15H21N/c1-25-15-17-26(18-16-25,20-27(25)24-13-6-3-7-14-24)23-12-8-11-22(19-23)21-9-4-2-5-10-21;1-16-12-17(2)21(18(3)13-16)23-15-22(11-7-10-20(23)14-22)19-8-5-4-6-9-19;1-22-16-21(14-5-8-20(22)13-15-21)19-11-9-18(10-12-19)17-6-3-2-4-7-17;1-16-12-15(13-6-3-2-4-7-13)10-5-8-14(16)9-11-15/h2-14,19H,15-18,20H2,1H3;4-6,8-9,12-13,20H,7,10-11,14-15H2,1-3H3;2-4,6-7,9-12,20H,5,8,13-16H2,1H3;2-4,6-7,14H,5,8-12H2,1H3. The summed E-state index contributed by atoms with van der Waals surface area (Å²) in [4.78, 5) is 10.6. The minimum Gasteiger partial charge on any atom is -0.367 e. The number of aryl methyl sites for hydroxylation is 3. The van der Waals surface area contributed by atoms with E-state index in [4.69, 9.17) is 0 Å². The average Bonchev–Trinajstić information content (AvgIpc) is 0.970. The van der Waals surface area contributed by atoms with Crippen molar-refractivity contribution in [3.05, 3.63) is 251 Å². The number of nitrogens with zero attached hydrogens (tertiary/aromatic N) is 4. The van der Waals surface area contributed by atoms with Gasteiger partial charge in [-0.2, -0.15) is 0 Å². The van der Waals surface area contributed by atoms with Gasteiger partial charge in [0.05, 0.1) is 0 Å². The fourth-order valence-corrected chi connectivity index (χ4v) is 18.9. The van der Waals surface area contributed by atoms with Crippen molar-refractivity contribution in [1.82, 2.24) is 9.80 Å². The highest BCUT2D eigenvalue weighted by Crippen LogP contribution is 2.54. The maximum absolute atomic E-state index is 2.74. The molecular formula is C84H100N4. The van der Waals surface area contributed by atoms with Crippen LogP contribution < -0.4 is 9.80 Å². The van der Waals surface area contributed by atoms with Crippen molar-refractivity contribution < 1.29 is 0 Å². The molecule has 0 radical (unpaired) electrons.